The van der Waals surface area contributed by atoms with E-state index in [1.54, 1.807) is 0 Å². The average molecular weight is 178 g/mol. The van der Waals surface area contributed by atoms with Crippen LogP contribution in [0.3, 0.4) is 0 Å². The van der Waals surface area contributed by atoms with Crippen molar-refractivity contribution in [2.45, 2.75) is 25.4 Å². The standard InChI is InChI=1S/C5H10N2O.CH4OS/c1-5(2)3(6)4(8)7-5;2-1-3/h3H,6H2,1-2H3,(H,7,8);2-3H,1H2/t3-;/m1./s1. The molecule has 1 aliphatic heterocycles. The Hall–Kier alpha value is -0.260. The van der Waals surface area contributed by atoms with Crippen LogP contribution in [0.4, 0.5) is 0 Å². The van der Waals surface area contributed by atoms with Crippen molar-refractivity contribution in [3.05, 3.63) is 0 Å². The highest BCUT2D eigenvalue weighted by molar-refractivity contribution is 7.80. The first-order valence-electron chi connectivity index (χ1n) is 3.25. The topological polar surface area (TPSA) is 75.4 Å². The molecular weight excluding hydrogens is 164 g/mol. The number of carbonyl (C=O) groups is 1. The third kappa shape index (κ3) is 2.69. The lowest BCUT2D eigenvalue weighted by Crippen LogP contribution is -2.73. The zero-order valence-corrected chi connectivity index (χ0v) is 7.56. The van der Waals surface area contributed by atoms with Gasteiger partial charge in [-0.25, -0.2) is 0 Å². The summed E-state index contributed by atoms with van der Waals surface area (Å²) in [6, 6.07) is -0.303. The molecule has 0 aliphatic carbocycles. The third-order valence-corrected chi connectivity index (χ3v) is 1.51. The minimum absolute atomic E-state index is 0.0463. The van der Waals surface area contributed by atoms with Crippen molar-refractivity contribution in [2.24, 2.45) is 5.73 Å². The number of aliphatic hydroxyl groups excluding tert-OH is 1. The van der Waals surface area contributed by atoms with Crippen LogP contribution in [0.15, 0.2) is 0 Å². The molecule has 0 bridgehead atoms. The Labute approximate surface area is 71.6 Å². The van der Waals surface area contributed by atoms with E-state index in [0.717, 1.165) is 0 Å². The monoisotopic (exact) mass is 178 g/mol. The second-order valence-corrected chi connectivity index (χ2v) is 3.11. The maximum Gasteiger partial charge on any atom is 0.239 e. The first-order chi connectivity index (χ1) is 4.95. The van der Waals surface area contributed by atoms with Gasteiger partial charge in [-0.05, 0) is 13.8 Å². The number of rotatable bonds is 0. The highest BCUT2D eigenvalue weighted by atomic mass is 32.1. The first-order valence-corrected chi connectivity index (χ1v) is 3.88. The largest absolute Gasteiger partial charge is 0.386 e. The number of amides is 1. The third-order valence-electron chi connectivity index (χ3n) is 1.51. The Bertz CT molecular complexity index is 150. The SMILES string of the molecule is CC1(C)NC(=O)[C@H]1N.OCS. The van der Waals surface area contributed by atoms with Gasteiger partial charge in [-0.15, -0.1) is 0 Å². The summed E-state index contributed by atoms with van der Waals surface area (Å²) < 4.78 is 0. The molecule has 11 heavy (non-hydrogen) atoms. The zero-order chi connectivity index (χ0) is 9.07. The smallest absolute Gasteiger partial charge is 0.239 e. The van der Waals surface area contributed by atoms with Crippen LogP contribution in [0.2, 0.25) is 0 Å². The number of hydrogen-bond donors (Lipinski definition) is 4. The summed E-state index contributed by atoms with van der Waals surface area (Å²) in [5.74, 6) is -0.102. The van der Waals surface area contributed by atoms with Crippen molar-refractivity contribution in [1.82, 2.24) is 5.32 Å². The van der Waals surface area contributed by atoms with E-state index in [1.165, 1.54) is 0 Å². The summed E-state index contributed by atoms with van der Waals surface area (Å²) in [6.07, 6.45) is 0. The molecule has 1 rings (SSSR count). The lowest BCUT2D eigenvalue weighted by atomic mass is 9.86. The van der Waals surface area contributed by atoms with Crippen LogP contribution in [-0.2, 0) is 4.79 Å². The number of hydrogen-bond acceptors (Lipinski definition) is 4. The summed E-state index contributed by atoms with van der Waals surface area (Å²) in [5.41, 5.74) is 5.22. The Balaban J connectivity index is 0.000000292. The molecule has 1 fully saturated rings. The molecule has 0 aromatic carbocycles. The summed E-state index contributed by atoms with van der Waals surface area (Å²) in [5, 5.41) is 10.1. The van der Waals surface area contributed by atoms with Crippen molar-refractivity contribution < 1.29 is 9.90 Å². The van der Waals surface area contributed by atoms with Gasteiger partial charge in [0, 0.05) is 0 Å². The molecule has 0 radical (unpaired) electrons. The molecule has 1 saturated heterocycles. The number of β-lactam (4-membered cyclic amide) rings is 1. The molecule has 4 nitrogen and oxygen atoms in total. The second-order valence-electron chi connectivity index (χ2n) is 2.83. The Morgan fingerprint density at radius 2 is 2.18 bits per heavy atom. The highest BCUT2D eigenvalue weighted by Crippen LogP contribution is 2.15. The Morgan fingerprint density at radius 3 is 2.18 bits per heavy atom. The number of aliphatic hydroxyl groups is 1. The molecule has 5 heteroatoms. The van der Waals surface area contributed by atoms with Gasteiger partial charge in [-0.3, -0.25) is 4.79 Å². The fourth-order valence-electron chi connectivity index (χ4n) is 0.723. The van der Waals surface area contributed by atoms with Crippen LogP contribution in [0.25, 0.3) is 0 Å². The molecule has 1 heterocycles. The molecule has 1 aliphatic rings. The van der Waals surface area contributed by atoms with E-state index in [9.17, 15) is 4.79 Å². The first kappa shape index (κ1) is 10.7. The zero-order valence-electron chi connectivity index (χ0n) is 6.66. The van der Waals surface area contributed by atoms with Gasteiger partial charge >= 0.3 is 0 Å². The van der Waals surface area contributed by atoms with Crippen LogP contribution in [0.5, 0.6) is 0 Å². The van der Waals surface area contributed by atoms with Gasteiger partial charge in [0.1, 0.15) is 6.04 Å². The average Bonchev–Trinajstić information content (AvgIpc) is 1.88. The van der Waals surface area contributed by atoms with Crippen LogP contribution in [0.1, 0.15) is 13.8 Å². The predicted molar refractivity (Wildman–Crippen MR) is 46.3 cm³/mol. The van der Waals surface area contributed by atoms with Crippen molar-refractivity contribution in [3.8, 4) is 0 Å². The molecular formula is C6H14N2O2S. The predicted octanol–water partition coefficient (Wildman–Crippen LogP) is -0.912. The van der Waals surface area contributed by atoms with Crippen LogP contribution < -0.4 is 11.1 Å². The molecule has 1 amide bonds. The molecule has 0 spiro atoms. The van der Waals surface area contributed by atoms with Crippen molar-refractivity contribution in [3.63, 3.8) is 0 Å². The minimum atomic E-state index is -0.303. The fraction of sp³-hybridized carbons (Fsp3) is 0.833. The number of nitrogens with two attached hydrogens (primary N) is 1. The summed E-state index contributed by atoms with van der Waals surface area (Å²) >= 11 is 3.34. The molecule has 4 N–H and O–H groups in total. The molecule has 0 unspecified atom stereocenters. The second kappa shape index (κ2) is 3.94. The lowest BCUT2D eigenvalue weighted by Gasteiger charge is -2.41. The van der Waals surface area contributed by atoms with E-state index in [-0.39, 0.29) is 23.4 Å². The van der Waals surface area contributed by atoms with Crippen LogP contribution in [-0.4, -0.2) is 28.5 Å². The summed E-state index contributed by atoms with van der Waals surface area (Å²) in [6.45, 7) is 3.80. The lowest BCUT2D eigenvalue weighted by molar-refractivity contribution is -0.133. The summed E-state index contributed by atoms with van der Waals surface area (Å²) in [4.78, 5) is 10.4. The van der Waals surface area contributed by atoms with E-state index in [2.05, 4.69) is 17.9 Å². The van der Waals surface area contributed by atoms with Gasteiger partial charge in [0.25, 0.3) is 0 Å². The molecule has 0 aromatic heterocycles. The fourth-order valence-corrected chi connectivity index (χ4v) is 0.723. The van der Waals surface area contributed by atoms with Gasteiger partial charge in [-0.2, -0.15) is 12.6 Å². The molecule has 1 atom stereocenters. The van der Waals surface area contributed by atoms with Crippen LogP contribution in [0, 0.1) is 0 Å². The van der Waals surface area contributed by atoms with Crippen molar-refractivity contribution in [2.75, 3.05) is 5.94 Å². The maximum atomic E-state index is 10.4. The molecule has 0 aromatic rings. The van der Waals surface area contributed by atoms with Crippen molar-refractivity contribution in [1.29, 1.82) is 0 Å². The van der Waals surface area contributed by atoms with E-state index in [0.29, 0.717) is 0 Å². The van der Waals surface area contributed by atoms with Gasteiger partial charge in [0.2, 0.25) is 5.91 Å². The van der Waals surface area contributed by atoms with E-state index in [4.69, 9.17) is 10.8 Å². The summed E-state index contributed by atoms with van der Waals surface area (Å²) in [7, 11) is 0. The number of thiol groups is 1. The highest BCUT2D eigenvalue weighted by Gasteiger charge is 2.43. The van der Waals surface area contributed by atoms with E-state index >= 15 is 0 Å². The minimum Gasteiger partial charge on any atom is -0.386 e. The van der Waals surface area contributed by atoms with Crippen molar-refractivity contribution >= 4 is 18.5 Å². The van der Waals surface area contributed by atoms with E-state index < -0.39 is 0 Å². The normalized spacial score (nSPS) is 25.9. The molecule has 66 valence electrons. The maximum absolute atomic E-state index is 10.4. The Kier molecular flexibility index (Phi) is 3.85. The number of carbonyl (C=O) groups excluding carboxylic acids is 1. The van der Waals surface area contributed by atoms with Gasteiger partial charge in [-0.1, -0.05) is 0 Å². The Morgan fingerprint density at radius 1 is 1.82 bits per heavy atom. The van der Waals surface area contributed by atoms with E-state index in [1.807, 2.05) is 13.8 Å². The number of nitrogens with one attached hydrogen (secondary N) is 1. The molecule has 0 saturated carbocycles. The quantitative estimate of drug-likeness (QED) is 0.220. The van der Waals surface area contributed by atoms with Crippen LogP contribution >= 0.6 is 12.6 Å². The van der Waals surface area contributed by atoms with Gasteiger partial charge < -0.3 is 16.2 Å². The van der Waals surface area contributed by atoms with Gasteiger partial charge in [0.15, 0.2) is 0 Å². The van der Waals surface area contributed by atoms with Gasteiger partial charge in [0.05, 0.1) is 11.5 Å².